The molecule has 1 atom stereocenters. The predicted octanol–water partition coefficient (Wildman–Crippen LogP) is 4.28. The third-order valence-electron chi connectivity index (χ3n) is 5.29. The highest BCUT2D eigenvalue weighted by Crippen LogP contribution is 2.33. The van der Waals surface area contributed by atoms with Gasteiger partial charge in [-0.1, -0.05) is 36.4 Å². The highest BCUT2D eigenvalue weighted by Gasteiger charge is 2.19. The number of ether oxygens (including phenoxy) is 1. The fourth-order valence-electron chi connectivity index (χ4n) is 3.79. The number of nitrogens with zero attached hydrogens (tertiary/aromatic N) is 1. The molecular formula is C26H26FNO5. The van der Waals surface area contributed by atoms with Gasteiger partial charge >= 0.3 is 5.97 Å². The molecule has 3 aromatic rings. The maximum absolute atomic E-state index is 13.6. The number of methoxy groups -OCH3 is 1. The van der Waals surface area contributed by atoms with Crippen molar-refractivity contribution in [2.24, 2.45) is 0 Å². The molecule has 0 radical (unpaired) electrons. The molecule has 3 rings (SSSR count). The zero-order valence-corrected chi connectivity index (χ0v) is 18.7. The van der Waals surface area contributed by atoms with Crippen LogP contribution < -0.4 is 5.56 Å². The summed E-state index contributed by atoms with van der Waals surface area (Å²) in [6.45, 7) is 3.75. The van der Waals surface area contributed by atoms with Crippen molar-refractivity contribution in [3.63, 3.8) is 0 Å². The summed E-state index contributed by atoms with van der Waals surface area (Å²) in [6, 6.07) is 13.0. The summed E-state index contributed by atoms with van der Waals surface area (Å²) >= 11 is 0. The number of pyridine rings is 1. The van der Waals surface area contributed by atoms with Crippen LogP contribution in [-0.4, -0.2) is 34.6 Å². The fraction of sp³-hybridized carbons (Fsp3) is 0.269. The molecule has 1 aromatic heterocycles. The number of Topliss-reactive ketones (excluding diaryl/α,β-unsaturated/α-hetero) is 1. The van der Waals surface area contributed by atoms with Gasteiger partial charge in [-0.05, 0) is 49.1 Å². The lowest BCUT2D eigenvalue weighted by molar-refractivity contribution is -0.143. The van der Waals surface area contributed by atoms with E-state index in [2.05, 4.69) is 4.74 Å². The molecule has 33 heavy (non-hydrogen) atoms. The molecular weight excluding hydrogens is 425 g/mol. The predicted molar refractivity (Wildman–Crippen MR) is 125 cm³/mol. The van der Waals surface area contributed by atoms with E-state index in [1.54, 1.807) is 34.9 Å². The van der Waals surface area contributed by atoms with Crippen LogP contribution in [0.1, 0.15) is 38.4 Å². The Hall–Kier alpha value is -3.58. The first-order chi connectivity index (χ1) is 15.7. The summed E-state index contributed by atoms with van der Waals surface area (Å²) in [5.74, 6) is -1.51. The van der Waals surface area contributed by atoms with Gasteiger partial charge in [0.2, 0.25) is 0 Å². The molecule has 1 unspecified atom stereocenters. The lowest BCUT2D eigenvalue weighted by atomic mass is 9.95. The van der Waals surface area contributed by atoms with Crippen LogP contribution in [0.4, 0.5) is 4.39 Å². The smallest absolute Gasteiger partial charge is 0.313 e. The zero-order valence-electron chi connectivity index (χ0n) is 18.7. The van der Waals surface area contributed by atoms with E-state index in [9.17, 15) is 23.9 Å². The largest absolute Gasteiger partial charge is 0.469 e. The molecule has 2 aromatic carbocycles. The van der Waals surface area contributed by atoms with Crippen molar-refractivity contribution < 1.29 is 23.8 Å². The molecule has 1 heterocycles. The number of halogens is 1. The Morgan fingerprint density at radius 1 is 1.09 bits per heavy atom. The van der Waals surface area contributed by atoms with Gasteiger partial charge in [-0.3, -0.25) is 14.4 Å². The molecule has 0 fully saturated rings. The normalized spacial score (nSPS) is 12.4. The number of ketones is 1. The molecule has 7 heteroatoms. The van der Waals surface area contributed by atoms with Crippen LogP contribution >= 0.6 is 0 Å². The summed E-state index contributed by atoms with van der Waals surface area (Å²) < 4.78 is 19.7. The number of aliphatic hydroxyl groups excluding tert-OH is 1. The molecule has 0 aliphatic heterocycles. The lowest BCUT2D eigenvalue weighted by Crippen LogP contribution is -2.25. The van der Waals surface area contributed by atoms with Gasteiger partial charge in [0.1, 0.15) is 18.0 Å². The number of carbonyl (C=O) groups is 2. The first-order valence-electron chi connectivity index (χ1n) is 10.6. The standard InChI is InChI=1S/C26H26FNO5/c1-16(2)28-23(13-12-19(29)14-20(30)15-24(31)33-3)25(17-8-10-18(27)11-9-17)21-6-4-5-7-22(21)26(28)32/h4-13,16,19,29H,14-15H2,1-3H3/b13-12+. The number of benzene rings is 2. The van der Waals surface area contributed by atoms with Crippen LogP contribution in [0.15, 0.2) is 59.4 Å². The van der Waals surface area contributed by atoms with Crippen molar-refractivity contribution in [1.29, 1.82) is 0 Å². The van der Waals surface area contributed by atoms with Crippen molar-refractivity contribution in [2.45, 2.75) is 38.8 Å². The zero-order chi connectivity index (χ0) is 24.1. The van der Waals surface area contributed by atoms with E-state index in [1.165, 1.54) is 25.3 Å². The highest BCUT2D eigenvalue weighted by atomic mass is 19.1. The average molecular weight is 451 g/mol. The van der Waals surface area contributed by atoms with E-state index in [-0.39, 0.29) is 23.8 Å². The minimum Gasteiger partial charge on any atom is -0.469 e. The maximum atomic E-state index is 13.6. The van der Waals surface area contributed by atoms with Crippen LogP contribution in [0.2, 0.25) is 0 Å². The van der Waals surface area contributed by atoms with Gasteiger partial charge in [-0.15, -0.1) is 0 Å². The van der Waals surface area contributed by atoms with E-state index < -0.39 is 24.3 Å². The first kappa shape index (κ1) is 24.1. The van der Waals surface area contributed by atoms with Gasteiger partial charge in [0.15, 0.2) is 0 Å². The lowest BCUT2D eigenvalue weighted by Gasteiger charge is -2.21. The van der Waals surface area contributed by atoms with Gasteiger partial charge in [0, 0.05) is 23.4 Å². The molecule has 0 saturated carbocycles. The van der Waals surface area contributed by atoms with Crippen molar-refractivity contribution in [2.75, 3.05) is 7.11 Å². The maximum Gasteiger partial charge on any atom is 0.313 e. The van der Waals surface area contributed by atoms with Crippen molar-refractivity contribution in [3.05, 3.63) is 76.5 Å². The van der Waals surface area contributed by atoms with Crippen molar-refractivity contribution in [1.82, 2.24) is 4.57 Å². The van der Waals surface area contributed by atoms with Gasteiger partial charge < -0.3 is 14.4 Å². The summed E-state index contributed by atoms with van der Waals surface area (Å²) in [5, 5.41) is 11.6. The van der Waals surface area contributed by atoms with E-state index in [4.69, 9.17) is 0 Å². The number of carbonyl (C=O) groups excluding carboxylic acids is 2. The molecule has 0 saturated heterocycles. The second-order valence-electron chi connectivity index (χ2n) is 8.00. The fourth-order valence-corrected chi connectivity index (χ4v) is 3.79. The Kier molecular flexibility index (Phi) is 7.55. The molecule has 0 amide bonds. The Balaban J connectivity index is 2.15. The molecule has 1 N–H and O–H groups in total. The van der Waals surface area contributed by atoms with Gasteiger partial charge in [0.05, 0.1) is 18.9 Å². The third-order valence-corrected chi connectivity index (χ3v) is 5.29. The SMILES string of the molecule is COC(=O)CC(=O)CC(O)/C=C/c1c(-c2ccc(F)cc2)c2ccccc2c(=O)n1C(C)C. The summed E-state index contributed by atoms with van der Waals surface area (Å²) in [5.41, 5.74) is 1.75. The molecule has 0 spiro atoms. The van der Waals surface area contributed by atoms with E-state index in [1.807, 2.05) is 26.0 Å². The molecule has 0 aliphatic carbocycles. The molecule has 6 nitrogen and oxygen atoms in total. The monoisotopic (exact) mass is 451 g/mol. The van der Waals surface area contributed by atoms with Crippen LogP contribution in [0.25, 0.3) is 28.0 Å². The van der Waals surface area contributed by atoms with Crippen molar-refractivity contribution >= 4 is 28.6 Å². The number of rotatable bonds is 8. The van der Waals surface area contributed by atoms with Crippen molar-refractivity contribution in [3.8, 4) is 11.1 Å². The molecule has 172 valence electrons. The summed E-state index contributed by atoms with van der Waals surface area (Å²) in [7, 11) is 1.19. The number of fused-ring (bicyclic) bond motifs is 1. The molecule has 0 aliphatic rings. The summed E-state index contributed by atoms with van der Waals surface area (Å²) in [6.07, 6.45) is 1.17. The molecule has 0 bridgehead atoms. The number of hydrogen-bond acceptors (Lipinski definition) is 5. The number of esters is 1. The van der Waals surface area contributed by atoms with Gasteiger partial charge in [-0.2, -0.15) is 0 Å². The van der Waals surface area contributed by atoms with Crippen LogP contribution in [0.5, 0.6) is 0 Å². The van der Waals surface area contributed by atoms with E-state index in [0.717, 1.165) is 0 Å². The van der Waals surface area contributed by atoms with E-state index in [0.29, 0.717) is 27.6 Å². The Labute approximate surface area is 190 Å². The Morgan fingerprint density at radius 2 is 1.73 bits per heavy atom. The Morgan fingerprint density at radius 3 is 2.33 bits per heavy atom. The van der Waals surface area contributed by atoms with Crippen LogP contribution in [0, 0.1) is 5.82 Å². The van der Waals surface area contributed by atoms with Crippen LogP contribution in [-0.2, 0) is 14.3 Å². The minimum absolute atomic E-state index is 0.192. The van der Waals surface area contributed by atoms with Gasteiger partial charge in [-0.25, -0.2) is 4.39 Å². The average Bonchev–Trinajstić information content (AvgIpc) is 2.78. The van der Waals surface area contributed by atoms with E-state index >= 15 is 0 Å². The second kappa shape index (κ2) is 10.4. The number of aromatic nitrogens is 1. The topological polar surface area (TPSA) is 85.6 Å². The van der Waals surface area contributed by atoms with Crippen LogP contribution in [0.3, 0.4) is 0 Å². The number of aliphatic hydroxyl groups is 1. The summed E-state index contributed by atoms with van der Waals surface area (Å²) in [4.78, 5) is 36.6. The Bertz CT molecular complexity index is 1260. The quantitative estimate of drug-likeness (QED) is 0.408. The minimum atomic E-state index is -1.16. The highest BCUT2D eigenvalue weighted by molar-refractivity contribution is 5.99. The second-order valence-corrected chi connectivity index (χ2v) is 8.00. The third kappa shape index (κ3) is 5.43. The van der Waals surface area contributed by atoms with Gasteiger partial charge in [0.25, 0.3) is 5.56 Å². The number of hydrogen-bond donors (Lipinski definition) is 1. The first-order valence-corrected chi connectivity index (χ1v) is 10.6.